The molecular formula is C9H11N3O. The van der Waals surface area contributed by atoms with Crippen LogP contribution in [0.5, 0.6) is 0 Å². The van der Waals surface area contributed by atoms with Crippen molar-refractivity contribution >= 4 is 5.65 Å². The van der Waals surface area contributed by atoms with Crippen LogP contribution < -0.4 is 5.56 Å². The normalized spacial score (nSPS) is 10.9. The first-order valence-corrected chi connectivity index (χ1v) is 4.29. The van der Waals surface area contributed by atoms with E-state index in [1.165, 1.54) is 10.6 Å². The van der Waals surface area contributed by atoms with Crippen molar-refractivity contribution in [2.24, 2.45) is 0 Å². The van der Waals surface area contributed by atoms with Gasteiger partial charge in [-0.25, -0.2) is 9.50 Å². The monoisotopic (exact) mass is 177 g/mol. The summed E-state index contributed by atoms with van der Waals surface area (Å²) >= 11 is 0. The summed E-state index contributed by atoms with van der Waals surface area (Å²) in [6.45, 7) is 3.87. The van der Waals surface area contributed by atoms with Crippen LogP contribution in [0.4, 0.5) is 0 Å². The van der Waals surface area contributed by atoms with E-state index in [1.807, 2.05) is 20.0 Å². The number of fused-ring (bicyclic) bond motifs is 1. The Balaban J connectivity index is 2.90. The second-order valence-electron chi connectivity index (χ2n) is 3.05. The first-order chi connectivity index (χ1) is 6.22. The molecule has 0 saturated carbocycles. The zero-order valence-electron chi connectivity index (χ0n) is 7.66. The maximum absolute atomic E-state index is 11.4. The summed E-state index contributed by atoms with van der Waals surface area (Å²) in [6.07, 6.45) is 2.70. The highest BCUT2D eigenvalue weighted by Gasteiger charge is 2.04. The number of nitrogens with zero attached hydrogens (tertiary/aromatic N) is 2. The van der Waals surface area contributed by atoms with Gasteiger partial charge in [0.25, 0.3) is 5.56 Å². The summed E-state index contributed by atoms with van der Waals surface area (Å²) < 4.78 is 1.46. The highest BCUT2D eigenvalue weighted by molar-refractivity contribution is 5.46. The Hall–Kier alpha value is -1.58. The Bertz CT molecular complexity index is 495. The Morgan fingerprint density at radius 2 is 2.38 bits per heavy atom. The minimum Gasteiger partial charge on any atom is -0.297 e. The third kappa shape index (κ3) is 1.14. The van der Waals surface area contributed by atoms with Gasteiger partial charge in [-0.05, 0) is 13.3 Å². The number of rotatable bonds is 1. The van der Waals surface area contributed by atoms with Crippen molar-refractivity contribution in [1.82, 2.24) is 14.6 Å². The summed E-state index contributed by atoms with van der Waals surface area (Å²) in [5, 5.41) is 2.88. The zero-order valence-corrected chi connectivity index (χ0v) is 7.66. The maximum Gasteiger partial charge on any atom is 0.272 e. The fourth-order valence-corrected chi connectivity index (χ4v) is 1.40. The standard InChI is InChI=1S/C9H11N3O/c1-3-7-5-10-12-8(13)4-6(2)11-9(7)12/h4-5,10H,3H2,1-2H3. The molecule has 0 unspecified atom stereocenters. The minimum atomic E-state index is -0.0535. The number of aryl methyl sites for hydroxylation is 2. The molecule has 0 aromatic carbocycles. The van der Waals surface area contributed by atoms with Crippen LogP contribution in [0.25, 0.3) is 5.65 Å². The average Bonchev–Trinajstić information content (AvgIpc) is 2.47. The molecule has 0 radical (unpaired) electrons. The van der Waals surface area contributed by atoms with E-state index in [0.29, 0.717) is 0 Å². The molecule has 4 nitrogen and oxygen atoms in total. The Labute approximate surface area is 75.2 Å². The summed E-state index contributed by atoms with van der Waals surface area (Å²) in [7, 11) is 0. The van der Waals surface area contributed by atoms with Crippen molar-refractivity contribution in [3.05, 3.63) is 33.9 Å². The predicted octanol–water partition coefficient (Wildman–Crippen LogP) is 0.893. The first kappa shape index (κ1) is 8.04. The molecule has 0 aliphatic carbocycles. The Morgan fingerprint density at radius 1 is 1.62 bits per heavy atom. The number of hydrogen-bond acceptors (Lipinski definition) is 2. The fourth-order valence-electron chi connectivity index (χ4n) is 1.40. The van der Waals surface area contributed by atoms with Gasteiger partial charge in [0.2, 0.25) is 0 Å². The third-order valence-corrected chi connectivity index (χ3v) is 2.08. The van der Waals surface area contributed by atoms with E-state index in [2.05, 4.69) is 10.1 Å². The number of aromatic nitrogens is 3. The van der Waals surface area contributed by atoms with Crippen LogP contribution in [-0.4, -0.2) is 14.6 Å². The Kier molecular flexibility index (Phi) is 1.69. The van der Waals surface area contributed by atoms with Gasteiger partial charge in [0.05, 0.1) is 0 Å². The van der Waals surface area contributed by atoms with Crippen LogP contribution in [0.3, 0.4) is 0 Å². The van der Waals surface area contributed by atoms with Gasteiger partial charge in [-0.2, -0.15) is 0 Å². The molecule has 0 saturated heterocycles. The number of H-pyrrole nitrogens is 1. The van der Waals surface area contributed by atoms with Crippen molar-refractivity contribution in [3.63, 3.8) is 0 Å². The molecule has 0 fully saturated rings. The van der Waals surface area contributed by atoms with E-state index in [4.69, 9.17) is 0 Å². The average molecular weight is 177 g/mol. The lowest BCUT2D eigenvalue weighted by molar-refractivity contribution is 0.889. The van der Waals surface area contributed by atoms with Gasteiger partial charge >= 0.3 is 0 Å². The van der Waals surface area contributed by atoms with E-state index in [-0.39, 0.29) is 5.56 Å². The van der Waals surface area contributed by atoms with Crippen LogP contribution in [-0.2, 0) is 6.42 Å². The molecule has 1 N–H and O–H groups in total. The molecule has 0 aliphatic rings. The van der Waals surface area contributed by atoms with E-state index in [9.17, 15) is 4.79 Å². The van der Waals surface area contributed by atoms with E-state index >= 15 is 0 Å². The second kappa shape index (κ2) is 2.73. The first-order valence-electron chi connectivity index (χ1n) is 4.29. The molecule has 4 heteroatoms. The van der Waals surface area contributed by atoms with Crippen LogP contribution in [0.15, 0.2) is 17.1 Å². The zero-order chi connectivity index (χ0) is 9.42. The molecule has 0 aliphatic heterocycles. The van der Waals surface area contributed by atoms with E-state index in [0.717, 1.165) is 23.3 Å². The van der Waals surface area contributed by atoms with Gasteiger partial charge in [0.1, 0.15) is 0 Å². The lowest BCUT2D eigenvalue weighted by atomic mass is 10.3. The predicted molar refractivity (Wildman–Crippen MR) is 49.9 cm³/mol. The molecule has 13 heavy (non-hydrogen) atoms. The van der Waals surface area contributed by atoms with E-state index in [1.54, 1.807) is 0 Å². The smallest absolute Gasteiger partial charge is 0.272 e. The molecule has 2 heterocycles. The van der Waals surface area contributed by atoms with Gasteiger partial charge < -0.3 is 0 Å². The summed E-state index contributed by atoms with van der Waals surface area (Å²) in [5.74, 6) is 0. The number of hydrogen-bond donors (Lipinski definition) is 1. The molecule has 2 aromatic rings. The third-order valence-electron chi connectivity index (χ3n) is 2.08. The highest BCUT2D eigenvalue weighted by atomic mass is 16.1. The van der Waals surface area contributed by atoms with Gasteiger partial charge in [-0.3, -0.25) is 9.89 Å². The van der Waals surface area contributed by atoms with Crippen LogP contribution in [0, 0.1) is 6.92 Å². The second-order valence-corrected chi connectivity index (χ2v) is 3.05. The van der Waals surface area contributed by atoms with Crippen LogP contribution in [0.2, 0.25) is 0 Å². The molecule has 2 aromatic heterocycles. The van der Waals surface area contributed by atoms with Crippen molar-refractivity contribution in [2.75, 3.05) is 0 Å². The minimum absolute atomic E-state index is 0.0535. The molecule has 0 amide bonds. The van der Waals surface area contributed by atoms with Gasteiger partial charge in [-0.1, -0.05) is 6.92 Å². The van der Waals surface area contributed by atoms with Gasteiger partial charge in [-0.15, -0.1) is 0 Å². The fraction of sp³-hybridized carbons (Fsp3) is 0.333. The Morgan fingerprint density at radius 3 is 3.08 bits per heavy atom. The topological polar surface area (TPSA) is 50.2 Å². The number of nitrogens with one attached hydrogen (secondary N) is 1. The van der Waals surface area contributed by atoms with Crippen LogP contribution >= 0.6 is 0 Å². The number of aromatic amines is 1. The molecule has 0 atom stereocenters. The van der Waals surface area contributed by atoms with Gasteiger partial charge in [0.15, 0.2) is 5.65 Å². The molecule has 68 valence electrons. The summed E-state index contributed by atoms with van der Waals surface area (Å²) in [6, 6.07) is 1.52. The SMILES string of the molecule is CCc1c[nH]n2c(=O)cc(C)nc12. The molecule has 0 spiro atoms. The van der Waals surface area contributed by atoms with E-state index < -0.39 is 0 Å². The summed E-state index contributed by atoms with van der Waals surface area (Å²) in [5.41, 5.74) is 2.52. The van der Waals surface area contributed by atoms with Gasteiger partial charge in [0, 0.05) is 23.5 Å². The van der Waals surface area contributed by atoms with Crippen molar-refractivity contribution in [1.29, 1.82) is 0 Å². The quantitative estimate of drug-likeness (QED) is 0.703. The molecular weight excluding hydrogens is 166 g/mol. The lowest BCUT2D eigenvalue weighted by Crippen LogP contribution is -2.14. The molecule has 2 rings (SSSR count). The lowest BCUT2D eigenvalue weighted by Gasteiger charge is -1.95. The van der Waals surface area contributed by atoms with Crippen molar-refractivity contribution in [2.45, 2.75) is 20.3 Å². The van der Waals surface area contributed by atoms with Crippen LogP contribution in [0.1, 0.15) is 18.2 Å². The highest BCUT2D eigenvalue weighted by Crippen LogP contribution is 2.06. The summed E-state index contributed by atoms with van der Waals surface area (Å²) in [4.78, 5) is 15.7. The maximum atomic E-state index is 11.4. The van der Waals surface area contributed by atoms with Crippen molar-refractivity contribution < 1.29 is 0 Å². The largest absolute Gasteiger partial charge is 0.297 e. The molecule has 0 bridgehead atoms. The van der Waals surface area contributed by atoms with Crippen molar-refractivity contribution in [3.8, 4) is 0 Å².